The van der Waals surface area contributed by atoms with Gasteiger partial charge in [-0.25, -0.2) is 4.90 Å². The van der Waals surface area contributed by atoms with Crippen molar-refractivity contribution in [3.63, 3.8) is 0 Å². The molecular weight excluding hydrogens is 382 g/mol. The zero-order chi connectivity index (χ0) is 19.6. The summed E-state index contributed by atoms with van der Waals surface area (Å²) in [7, 11) is 1.64. The molecule has 0 bridgehead atoms. The summed E-state index contributed by atoms with van der Waals surface area (Å²) in [5.74, 6) is -0.444. The number of nitrogens with zero attached hydrogens (tertiary/aromatic N) is 2. The van der Waals surface area contributed by atoms with Crippen LogP contribution in [0.15, 0.2) is 42.5 Å². The van der Waals surface area contributed by atoms with Crippen LogP contribution >= 0.6 is 12.4 Å². The summed E-state index contributed by atoms with van der Waals surface area (Å²) in [6.07, 6.45) is 0. The van der Waals surface area contributed by atoms with Gasteiger partial charge in [0.05, 0.1) is 23.4 Å². The normalized spacial score (nSPS) is 12.5. The molecule has 0 spiro atoms. The molecule has 3 rings (SSSR count). The highest BCUT2D eigenvalue weighted by Crippen LogP contribution is 2.30. The van der Waals surface area contributed by atoms with Crippen LogP contribution in [0.5, 0.6) is 5.75 Å². The Kier molecular flexibility index (Phi) is 6.77. The third-order valence-corrected chi connectivity index (χ3v) is 4.35. The first-order chi connectivity index (χ1) is 13.0. The average molecular weight is 404 g/mol. The van der Waals surface area contributed by atoms with E-state index in [1.54, 1.807) is 37.4 Å². The maximum Gasteiger partial charge on any atom is 0.266 e. The Morgan fingerprint density at radius 3 is 2.32 bits per heavy atom. The van der Waals surface area contributed by atoms with Crippen LogP contribution in [0, 0.1) is 0 Å². The fourth-order valence-corrected chi connectivity index (χ4v) is 2.98. The molecule has 7 nitrogen and oxygen atoms in total. The van der Waals surface area contributed by atoms with Gasteiger partial charge in [0.2, 0.25) is 0 Å². The Hall–Kier alpha value is -2.90. The number of likely N-dealkylation sites (N-methyl/N-ethyl adjacent to an activating group) is 1. The van der Waals surface area contributed by atoms with Crippen LogP contribution in [-0.2, 0) is 0 Å². The first-order valence-electron chi connectivity index (χ1n) is 8.69. The summed E-state index contributed by atoms with van der Waals surface area (Å²) in [6, 6.07) is 11.3. The molecule has 2 aromatic carbocycles. The predicted molar refractivity (Wildman–Crippen MR) is 108 cm³/mol. The lowest BCUT2D eigenvalue weighted by Crippen LogP contribution is -2.31. The van der Waals surface area contributed by atoms with Gasteiger partial charge in [0, 0.05) is 25.7 Å². The van der Waals surface area contributed by atoms with Gasteiger partial charge in [-0.2, -0.15) is 0 Å². The number of ether oxygens (including phenoxy) is 1. The van der Waals surface area contributed by atoms with Crippen LogP contribution in [-0.4, -0.2) is 49.4 Å². The number of carbonyl (C=O) groups excluding carboxylic acids is 3. The Bertz CT molecular complexity index is 899. The van der Waals surface area contributed by atoms with E-state index in [1.807, 2.05) is 6.92 Å². The van der Waals surface area contributed by atoms with Crippen molar-refractivity contribution in [3.8, 4) is 5.75 Å². The average Bonchev–Trinajstić information content (AvgIpc) is 2.92. The second-order valence-electron chi connectivity index (χ2n) is 6.15. The van der Waals surface area contributed by atoms with Gasteiger partial charge in [0.15, 0.2) is 0 Å². The van der Waals surface area contributed by atoms with Crippen molar-refractivity contribution in [2.75, 3.05) is 31.6 Å². The lowest BCUT2D eigenvalue weighted by molar-refractivity contribution is 0.0798. The van der Waals surface area contributed by atoms with Gasteiger partial charge in [0.1, 0.15) is 5.75 Å². The molecule has 2 aromatic rings. The number of hydrogen-bond acceptors (Lipinski definition) is 5. The van der Waals surface area contributed by atoms with Crippen molar-refractivity contribution in [2.24, 2.45) is 5.73 Å². The number of halogens is 1. The maximum atomic E-state index is 12.8. The largest absolute Gasteiger partial charge is 0.494 e. The Morgan fingerprint density at radius 2 is 1.71 bits per heavy atom. The molecule has 0 radical (unpaired) electrons. The van der Waals surface area contributed by atoms with E-state index in [1.165, 1.54) is 17.0 Å². The van der Waals surface area contributed by atoms with Crippen LogP contribution in [0.2, 0.25) is 0 Å². The Labute approximate surface area is 169 Å². The maximum absolute atomic E-state index is 12.8. The smallest absolute Gasteiger partial charge is 0.266 e. The van der Waals surface area contributed by atoms with Crippen LogP contribution in [0.3, 0.4) is 0 Å². The zero-order valence-electron chi connectivity index (χ0n) is 15.7. The van der Waals surface area contributed by atoms with Crippen LogP contribution in [0.1, 0.15) is 38.0 Å². The summed E-state index contributed by atoms with van der Waals surface area (Å²) in [5, 5.41) is 0. The Balaban J connectivity index is 0.00000280. The van der Waals surface area contributed by atoms with Crippen molar-refractivity contribution < 1.29 is 19.1 Å². The monoisotopic (exact) mass is 403 g/mol. The minimum atomic E-state index is -0.449. The van der Waals surface area contributed by atoms with E-state index in [0.29, 0.717) is 36.7 Å². The van der Waals surface area contributed by atoms with Gasteiger partial charge < -0.3 is 15.4 Å². The van der Waals surface area contributed by atoms with E-state index < -0.39 is 11.8 Å². The molecule has 0 saturated carbocycles. The predicted octanol–water partition coefficient (Wildman–Crippen LogP) is 2.34. The quantitative estimate of drug-likeness (QED) is 0.747. The Morgan fingerprint density at radius 1 is 1.07 bits per heavy atom. The molecular formula is C20H22ClN3O4. The van der Waals surface area contributed by atoms with Gasteiger partial charge in [-0.15, -0.1) is 12.4 Å². The van der Waals surface area contributed by atoms with Gasteiger partial charge >= 0.3 is 0 Å². The van der Waals surface area contributed by atoms with E-state index in [4.69, 9.17) is 10.5 Å². The fraction of sp³-hybridized carbons (Fsp3) is 0.250. The lowest BCUT2D eigenvalue weighted by Gasteiger charge is -2.16. The summed E-state index contributed by atoms with van der Waals surface area (Å²) in [4.78, 5) is 40.5. The number of anilines is 1. The van der Waals surface area contributed by atoms with E-state index in [-0.39, 0.29) is 29.4 Å². The van der Waals surface area contributed by atoms with E-state index in [0.717, 1.165) is 4.90 Å². The molecule has 1 aliphatic rings. The molecule has 0 atom stereocenters. The van der Waals surface area contributed by atoms with E-state index in [2.05, 4.69) is 0 Å². The van der Waals surface area contributed by atoms with Crippen molar-refractivity contribution in [2.45, 2.75) is 6.92 Å². The number of benzene rings is 2. The molecule has 3 amide bonds. The molecule has 8 heteroatoms. The summed E-state index contributed by atoms with van der Waals surface area (Å²) >= 11 is 0. The van der Waals surface area contributed by atoms with Gasteiger partial charge in [-0.05, 0) is 49.4 Å². The van der Waals surface area contributed by atoms with Crippen LogP contribution in [0.4, 0.5) is 5.69 Å². The molecule has 1 heterocycles. The summed E-state index contributed by atoms with van der Waals surface area (Å²) in [5.41, 5.74) is 6.79. The second-order valence-corrected chi connectivity index (χ2v) is 6.15. The summed E-state index contributed by atoms with van der Waals surface area (Å²) < 4.78 is 5.38. The number of fused-ring (bicyclic) bond motifs is 1. The fourth-order valence-electron chi connectivity index (χ4n) is 2.98. The van der Waals surface area contributed by atoms with Crippen LogP contribution < -0.4 is 15.4 Å². The molecule has 2 N–H and O–H groups in total. The van der Waals surface area contributed by atoms with Gasteiger partial charge in [0.25, 0.3) is 17.7 Å². The van der Waals surface area contributed by atoms with Crippen molar-refractivity contribution >= 4 is 35.8 Å². The third kappa shape index (κ3) is 3.85. The zero-order valence-corrected chi connectivity index (χ0v) is 16.5. The number of imide groups is 1. The highest BCUT2D eigenvalue weighted by Gasteiger charge is 2.37. The van der Waals surface area contributed by atoms with Crippen LogP contribution in [0.25, 0.3) is 0 Å². The standard InChI is InChI=1S/C20H21N3O4.ClH/c1-3-27-15-7-5-14(6-8-15)23-19(25)16-9-4-13(12-17(16)20(23)26)18(24)22(2)11-10-21;/h4-9,12H,3,10-11,21H2,1-2H3;1H. The molecule has 148 valence electrons. The van der Waals surface area contributed by atoms with Crippen molar-refractivity contribution in [3.05, 3.63) is 59.2 Å². The molecule has 28 heavy (non-hydrogen) atoms. The first-order valence-corrected chi connectivity index (χ1v) is 8.69. The number of amides is 3. The lowest BCUT2D eigenvalue weighted by atomic mass is 10.0. The molecule has 0 saturated heterocycles. The number of rotatable bonds is 6. The first kappa shape index (κ1) is 21.4. The second kappa shape index (κ2) is 8.86. The third-order valence-electron chi connectivity index (χ3n) is 4.35. The molecule has 0 aromatic heterocycles. The number of nitrogens with two attached hydrogens (primary N) is 1. The van der Waals surface area contributed by atoms with Gasteiger partial charge in [-0.1, -0.05) is 0 Å². The molecule has 0 aliphatic carbocycles. The number of carbonyl (C=O) groups is 3. The number of hydrogen-bond donors (Lipinski definition) is 1. The van der Waals surface area contributed by atoms with Gasteiger partial charge in [-0.3, -0.25) is 14.4 Å². The van der Waals surface area contributed by atoms with E-state index in [9.17, 15) is 14.4 Å². The van der Waals surface area contributed by atoms with Crippen molar-refractivity contribution in [1.29, 1.82) is 0 Å². The molecule has 1 aliphatic heterocycles. The minimum Gasteiger partial charge on any atom is -0.494 e. The van der Waals surface area contributed by atoms with E-state index >= 15 is 0 Å². The van der Waals surface area contributed by atoms with Crippen molar-refractivity contribution in [1.82, 2.24) is 4.90 Å². The highest BCUT2D eigenvalue weighted by atomic mass is 35.5. The minimum absolute atomic E-state index is 0. The molecule has 0 fully saturated rings. The molecule has 0 unspecified atom stereocenters. The summed E-state index contributed by atoms with van der Waals surface area (Å²) in [6.45, 7) is 3.15. The topological polar surface area (TPSA) is 92.9 Å². The highest BCUT2D eigenvalue weighted by molar-refractivity contribution is 6.34. The SMILES string of the molecule is CCOc1ccc(N2C(=O)c3ccc(C(=O)N(C)CCN)cc3C2=O)cc1.Cl.